The standard InChI is InChI=1S/C33H33ClF2N4O3.ClH/c1-38(2)24-15-18-39(19-16-24)30(41)21-27-25-7-4-6-10-29(25)40(20-17-33(27,35)36)32(43)22-11-13-23(14-12-22)37-31(42)26-8-3-5-9-28(26)34;/h3-14,21,24H,15-20H2,1-2H3,(H,37,42);1H. The van der Waals surface area contributed by atoms with Crippen molar-refractivity contribution in [3.63, 3.8) is 0 Å². The number of carbonyl (C=O) groups excluding carboxylic acids is 3. The SMILES string of the molecule is CN(C)C1CCN(C(=O)C=C2c3ccccc3N(C(=O)c3ccc(NC(=O)c4ccccc4Cl)cc3)CCC2(F)F)CC1.Cl. The van der Waals surface area contributed by atoms with Crippen LogP contribution in [0.5, 0.6) is 0 Å². The number of fused-ring (bicyclic) bond motifs is 1. The topological polar surface area (TPSA) is 73.0 Å². The number of benzene rings is 3. The molecule has 0 spiro atoms. The summed E-state index contributed by atoms with van der Waals surface area (Å²) < 4.78 is 31.3. The monoisotopic (exact) mass is 642 g/mol. The third-order valence-electron chi connectivity index (χ3n) is 8.06. The molecule has 3 amide bonds. The van der Waals surface area contributed by atoms with E-state index in [9.17, 15) is 14.4 Å². The predicted molar refractivity (Wildman–Crippen MR) is 172 cm³/mol. The molecule has 1 saturated heterocycles. The molecule has 5 rings (SSSR count). The van der Waals surface area contributed by atoms with Crippen LogP contribution in [-0.4, -0.2) is 73.2 Å². The van der Waals surface area contributed by atoms with E-state index in [1.807, 2.05) is 14.1 Å². The number of hydrogen-bond donors (Lipinski definition) is 1. The Morgan fingerprint density at radius 2 is 1.57 bits per heavy atom. The summed E-state index contributed by atoms with van der Waals surface area (Å²) in [5.74, 6) is -4.64. The summed E-state index contributed by atoms with van der Waals surface area (Å²) in [5.41, 5.74) is 1.11. The molecule has 232 valence electrons. The van der Waals surface area contributed by atoms with E-state index >= 15 is 8.78 Å². The second kappa shape index (κ2) is 13.9. The van der Waals surface area contributed by atoms with Gasteiger partial charge in [-0.25, -0.2) is 8.78 Å². The summed E-state index contributed by atoms with van der Waals surface area (Å²) in [4.78, 5) is 44.5. The quantitative estimate of drug-likeness (QED) is 0.317. The molecule has 2 aliphatic heterocycles. The largest absolute Gasteiger partial charge is 0.339 e. The Kier molecular flexibility index (Phi) is 10.4. The van der Waals surface area contributed by atoms with Crippen LogP contribution in [0.4, 0.5) is 20.2 Å². The van der Waals surface area contributed by atoms with Gasteiger partial charge in [-0.1, -0.05) is 41.9 Å². The number of carbonyl (C=O) groups is 3. The Bertz CT molecular complexity index is 1550. The zero-order chi connectivity index (χ0) is 30.7. The predicted octanol–water partition coefficient (Wildman–Crippen LogP) is 6.64. The smallest absolute Gasteiger partial charge is 0.275 e. The fraction of sp³-hybridized carbons (Fsp3) is 0.303. The Hall–Kier alpha value is -3.79. The van der Waals surface area contributed by atoms with Crippen molar-refractivity contribution in [3.8, 4) is 0 Å². The second-order valence-electron chi connectivity index (χ2n) is 11.0. The Morgan fingerprint density at radius 3 is 2.23 bits per heavy atom. The number of piperidine rings is 1. The number of para-hydroxylation sites is 1. The van der Waals surface area contributed by atoms with Crippen molar-refractivity contribution in [2.75, 3.05) is 43.9 Å². The molecule has 0 atom stereocenters. The highest BCUT2D eigenvalue weighted by Crippen LogP contribution is 2.43. The minimum Gasteiger partial charge on any atom is -0.339 e. The summed E-state index contributed by atoms with van der Waals surface area (Å²) in [7, 11) is 3.99. The molecule has 44 heavy (non-hydrogen) atoms. The van der Waals surface area contributed by atoms with Crippen molar-refractivity contribution in [2.24, 2.45) is 0 Å². The average molecular weight is 644 g/mol. The van der Waals surface area contributed by atoms with Gasteiger partial charge in [0.1, 0.15) is 0 Å². The number of nitrogens with zero attached hydrogens (tertiary/aromatic N) is 3. The minimum atomic E-state index is -3.32. The third-order valence-corrected chi connectivity index (χ3v) is 8.39. The molecule has 0 unspecified atom stereocenters. The first-order valence-corrected chi connectivity index (χ1v) is 14.6. The summed E-state index contributed by atoms with van der Waals surface area (Å²) >= 11 is 6.11. The normalized spacial score (nSPS) is 17.5. The number of anilines is 2. The molecule has 0 radical (unpaired) electrons. The van der Waals surface area contributed by atoms with Crippen molar-refractivity contribution in [1.82, 2.24) is 9.80 Å². The van der Waals surface area contributed by atoms with Crippen LogP contribution in [0.2, 0.25) is 5.02 Å². The van der Waals surface area contributed by atoms with Crippen LogP contribution in [-0.2, 0) is 4.79 Å². The van der Waals surface area contributed by atoms with Crippen LogP contribution >= 0.6 is 24.0 Å². The highest BCUT2D eigenvalue weighted by atomic mass is 35.5. The van der Waals surface area contributed by atoms with Gasteiger partial charge in [0.15, 0.2) is 0 Å². The molecule has 2 heterocycles. The number of alkyl halides is 2. The van der Waals surface area contributed by atoms with Crippen LogP contribution in [0, 0.1) is 0 Å². The number of likely N-dealkylation sites (tertiary alicyclic amines) is 1. The molecule has 1 fully saturated rings. The van der Waals surface area contributed by atoms with E-state index in [1.165, 1.54) is 23.1 Å². The molecule has 0 aliphatic carbocycles. The molecule has 1 N–H and O–H groups in total. The number of rotatable bonds is 5. The highest BCUT2D eigenvalue weighted by molar-refractivity contribution is 6.34. The lowest BCUT2D eigenvalue weighted by molar-refractivity contribution is -0.127. The van der Waals surface area contributed by atoms with Crippen molar-refractivity contribution in [3.05, 3.63) is 101 Å². The first-order valence-electron chi connectivity index (χ1n) is 14.2. The zero-order valence-electron chi connectivity index (χ0n) is 24.4. The van der Waals surface area contributed by atoms with Gasteiger partial charge < -0.3 is 20.0 Å². The summed E-state index contributed by atoms with van der Waals surface area (Å²) in [6.45, 7) is 0.754. The van der Waals surface area contributed by atoms with Gasteiger partial charge in [0.05, 0.1) is 16.3 Å². The molecular formula is C33H34Cl2F2N4O3. The molecule has 0 bridgehead atoms. The maximum atomic E-state index is 15.7. The minimum absolute atomic E-state index is 0. The first-order chi connectivity index (χ1) is 20.5. The van der Waals surface area contributed by atoms with E-state index in [2.05, 4.69) is 10.2 Å². The summed E-state index contributed by atoms with van der Waals surface area (Å²) in [6, 6.07) is 19.7. The van der Waals surface area contributed by atoms with E-state index in [0.717, 1.165) is 18.9 Å². The van der Waals surface area contributed by atoms with Gasteiger partial charge in [-0.2, -0.15) is 0 Å². The molecule has 0 saturated carbocycles. The van der Waals surface area contributed by atoms with E-state index in [0.29, 0.717) is 41.1 Å². The third kappa shape index (κ3) is 7.12. The lowest BCUT2D eigenvalue weighted by Gasteiger charge is -2.35. The van der Waals surface area contributed by atoms with Gasteiger partial charge in [-0.3, -0.25) is 14.4 Å². The van der Waals surface area contributed by atoms with Crippen LogP contribution < -0.4 is 10.2 Å². The fourth-order valence-electron chi connectivity index (χ4n) is 5.55. The molecule has 2 aliphatic rings. The lowest BCUT2D eigenvalue weighted by Crippen LogP contribution is -2.44. The van der Waals surface area contributed by atoms with Gasteiger partial charge >= 0.3 is 0 Å². The number of allylic oxidation sites excluding steroid dienone is 1. The van der Waals surface area contributed by atoms with E-state index in [4.69, 9.17) is 11.6 Å². The molecule has 3 aromatic carbocycles. The van der Waals surface area contributed by atoms with Crippen LogP contribution in [0.15, 0.2) is 78.9 Å². The van der Waals surface area contributed by atoms with E-state index in [1.54, 1.807) is 59.5 Å². The van der Waals surface area contributed by atoms with Crippen molar-refractivity contribution >= 4 is 58.7 Å². The number of hydrogen-bond acceptors (Lipinski definition) is 4. The van der Waals surface area contributed by atoms with Gasteiger partial charge in [0.25, 0.3) is 17.7 Å². The van der Waals surface area contributed by atoms with Crippen molar-refractivity contribution < 1.29 is 23.2 Å². The fourth-order valence-corrected chi connectivity index (χ4v) is 5.77. The molecule has 0 aromatic heterocycles. The molecule has 11 heteroatoms. The maximum Gasteiger partial charge on any atom is 0.275 e. The van der Waals surface area contributed by atoms with Gasteiger partial charge in [0, 0.05) is 60.6 Å². The average Bonchev–Trinajstić information content (AvgIpc) is 3.11. The van der Waals surface area contributed by atoms with Crippen LogP contribution in [0.25, 0.3) is 5.57 Å². The van der Waals surface area contributed by atoms with Crippen LogP contribution in [0.3, 0.4) is 0 Å². The van der Waals surface area contributed by atoms with E-state index < -0.39 is 30.1 Å². The van der Waals surface area contributed by atoms with Gasteiger partial charge in [0.2, 0.25) is 5.91 Å². The Morgan fingerprint density at radius 1 is 0.932 bits per heavy atom. The zero-order valence-corrected chi connectivity index (χ0v) is 26.0. The highest BCUT2D eigenvalue weighted by Gasteiger charge is 2.42. The molecule has 3 aromatic rings. The maximum absolute atomic E-state index is 15.7. The van der Waals surface area contributed by atoms with Crippen molar-refractivity contribution in [2.45, 2.75) is 31.2 Å². The number of nitrogens with one attached hydrogen (secondary N) is 1. The van der Waals surface area contributed by atoms with Crippen LogP contribution in [0.1, 0.15) is 45.5 Å². The molecular weight excluding hydrogens is 609 g/mol. The van der Waals surface area contributed by atoms with E-state index in [-0.39, 0.29) is 35.7 Å². The number of amides is 3. The van der Waals surface area contributed by atoms with Gasteiger partial charge in [-0.05, 0) is 69.4 Å². The first kappa shape index (κ1) is 33.1. The number of halogens is 4. The Labute approximate surface area is 266 Å². The van der Waals surface area contributed by atoms with Crippen molar-refractivity contribution in [1.29, 1.82) is 0 Å². The second-order valence-corrected chi connectivity index (χ2v) is 11.4. The lowest BCUT2D eigenvalue weighted by atomic mass is 9.96. The summed E-state index contributed by atoms with van der Waals surface area (Å²) in [6.07, 6.45) is 1.97. The molecule has 7 nitrogen and oxygen atoms in total. The summed E-state index contributed by atoms with van der Waals surface area (Å²) in [5, 5.41) is 3.06. The van der Waals surface area contributed by atoms with Gasteiger partial charge in [-0.15, -0.1) is 12.4 Å². The Balaban J connectivity index is 0.00000442.